The predicted molar refractivity (Wildman–Crippen MR) is 89.4 cm³/mol. The van der Waals surface area contributed by atoms with E-state index < -0.39 is 0 Å². The van der Waals surface area contributed by atoms with Gasteiger partial charge in [-0.2, -0.15) is 0 Å². The molecule has 0 aliphatic carbocycles. The lowest BCUT2D eigenvalue weighted by atomic mass is 10.3. The maximum Gasteiger partial charge on any atom is 0.158 e. The first-order valence-electron chi connectivity index (χ1n) is 6.37. The van der Waals surface area contributed by atoms with E-state index in [2.05, 4.69) is 49.3 Å². The van der Waals surface area contributed by atoms with E-state index in [0.717, 1.165) is 17.3 Å². The number of hydrogen-bond acceptors (Lipinski definition) is 5. The summed E-state index contributed by atoms with van der Waals surface area (Å²) in [5.74, 6) is 2.18. The molecule has 106 valence electrons. The molecule has 5 nitrogen and oxygen atoms in total. The molecule has 1 aromatic heterocycles. The highest BCUT2D eigenvalue weighted by molar-refractivity contribution is 14.1. The number of halogens is 1. The van der Waals surface area contributed by atoms with E-state index in [1.807, 2.05) is 38.2 Å². The van der Waals surface area contributed by atoms with Crippen LogP contribution < -0.4 is 10.6 Å². The number of nitrogens with one attached hydrogen (secondary N) is 2. The third-order valence-corrected chi connectivity index (χ3v) is 3.23. The molecule has 0 bridgehead atoms. The molecule has 0 saturated carbocycles. The summed E-state index contributed by atoms with van der Waals surface area (Å²) in [5.41, 5.74) is 1.00. The number of anilines is 3. The largest absolute Gasteiger partial charge is 0.374 e. The summed E-state index contributed by atoms with van der Waals surface area (Å²) in [7, 11) is 1.84. The van der Waals surface area contributed by atoms with Gasteiger partial charge in [0, 0.05) is 29.0 Å². The number of aromatic nitrogens is 2. The van der Waals surface area contributed by atoms with Crippen LogP contribution >= 0.6 is 22.6 Å². The Hall–Kier alpha value is -1.41. The molecular weight excluding hydrogens is 367 g/mol. The molecule has 0 spiro atoms. The molecule has 0 aliphatic rings. The molecule has 2 rings (SSSR count). The zero-order chi connectivity index (χ0) is 14.4. The Kier molecular flexibility index (Phi) is 5.54. The number of nitrogens with zero attached hydrogens (tertiary/aromatic N) is 2. The minimum Gasteiger partial charge on any atom is -0.374 e. The fraction of sp³-hybridized carbons (Fsp3) is 0.286. The van der Waals surface area contributed by atoms with Crippen LogP contribution in [-0.4, -0.2) is 23.6 Å². The van der Waals surface area contributed by atoms with Crippen LogP contribution in [0.5, 0.6) is 0 Å². The zero-order valence-corrected chi connectivity index (χ0v) is 13.6. The zero-order valence-electron chi connectivity index (χ0n) is 11.5. The monoisotopic (exact) mass is 384 g/mol. The highest BCUT2D eigenvalue weighted by atomic mass is 127. The maximum atomic E-state index is 5.36. The minimum absolute atomic E-state index is 0.410. The van der Waals surface area contributed by atoms with E-state index in [-0.39, 0.29) is 0 Å². The summed E-state index contributed by atoms with van der Waals surface area (Å²) in [6.45, 7) is 3.01. The van der Waals surface area contributed by atoms with Crippen molar-refractivity contribution in [2.45, 2.75) is 13.5 Å². The van der Waals surface area contributed by atoms with Gasteiger partial charge in [-0.25, -0.2) is 9.97 Å². The van der Waals surface area contributed by atoms with Gasteiger partial charge in [-0.3, -0.25) is 0 Å². The molecular formula is C14H17IN4O. The van der Waals surface area contributed by atoms with Crippen molar-refractivity contribution in [1.82, 2.24) is 9.97 Å². The standard InChI is InChI=1S/C14H17IN4O/c1-3-20-9-14-18-12(16-2)8-13(19-14)17-11-6-4-5-10(15)7-11/h4-8H,3,9H2,1-2H3,(H2,16,17,18,19). The van der Waals surface area contributed by atoms with Gasteiger partial charge >= 0.3 is 0 Å². The summed E-state index contributed by atoms with van der Waals surface area (Å²) >= 11 is 2.28. The maximum absolute atomic E-state index is 5.36. The van der Waals surface area contributed by atoms with Gasteiger partial charge in [0.05, 0.1) is 0 Å². The Labute approximate surface area is 132 Å². The van der Waals surface area contributed by atoms with E-state index in [0.29, 0.717) is 19.0 Å². The van der Waals surface area contributed by atoms with Gasteiger partial charge in [-0.1, -0.05) is 6.07 Å². The molecule has 0 amide bonds. The average Bonchev–Trinajstić information content (AvgIpc) is 2.45. The van der Waals surface area contributed by atoms with Crippen molar-refractivity contribution in [3.8, 4) is 0 Å². The van der Waals surface area contributed by atoms with Crippen molar-refractivity contribution in [2.24, 2.45) is 0 Å². The van der Waals surface area contributed by atoms with Crippen molar-refractivity contribution >= 4 is 39.9 Å². The van der Waals surface area contributed by atoms with Gasteiger partial charge in [-0.05, 0) is 47.7 Å². The lowest BCUT2D eigenvalue weighted by Crippen LogP contribution is -2.05. The van der Waals surface area contributed by atoms with Crippen LogP contribution in [0.3, 0.4) is 0 Å². The van der Waals surface area contributed by atoms with Crippen molar-refractivity contribution in [3.05, 3.63) is 39.7 Å². The van der Waals surface area contributed by atoms with Crippen LogP contribution in [0.4, 0.5) is 17.3 Å². The first-order chi connectivity index (χ1) is 9.71. The topological polar surface area (TPSA) is 59.1 Å². The van der Waals surface area contributed by atoms with Crippen LogP contribution in [0.1, 0.15) is 12.7 Å². The van der Waals surface area contributed by atoms with Gasteiger partial charge in [0.15, 0.2) is 5.82 Å². The Morgan fingerprint density at radius 2 is 2.00 bits per heavy atom. The molecule has 0 atom stereocenters. The van der Waals surface area contributed by atoms with E-state index in [4.69, 9.17) is 4.74 Å². The van der Waals surface area contributed by atoms with E-state index >= 15 is 0 Å². The summed E-state index contributed by atoms with van der Waals surface area (Å²) < 4.78 is 6.53. The lowest BCUT2D eigenvalue weighted by Gasteiger charge is -2.10. The number of ether oxygens (including phenoxy) is 1. The van der Waals surface area contributed by atoms with Gasteiger partial charge in [0.25, 0.3) is 0 Å². The molecule has 1 heterocycles. The van der Waals surface area contributed by atoms with Crippen LogP contribution in [-0.2, 0) is 11.3 Å². The number of rotatable bonds is 6. The van der Waals surface area contributed by atoms with Crippen molar-refractivity contribution in [3.63, 3.8) is 0 Å². The third-order valence-electron chi connectivity index (χ3n) is 2.56. The predicted octanol–water partition coefficient (Wildman–Crippen LogP) is 3.40. The Morgan fingerprint density at radius 3 is 2.70 bits per heavy atom. The SMILES string of the molecule is CCOCc1nc(NC)cc(Nc2cccc(I)c2)n1. The Balaban J connectivity index is 2.21. The second kappa shape index (κ2) is 7.39. The molecule has 0 radical (unpaired) electrons. The van der Waals surface area contributed by atoms with Crippen LogP contribution in [0.2, 0.25) is 0 Å². The summed E-state index contributed by atoms with van der Waals surface area (Å²) in [6, 6.07) is 9.99. The normalized spacial score (nSPS) is 10.3. The van der Waals surface area contributed by atoms with E-state index in [1.54, 1.807) is 0 Å². The molecule has 0 aliphatic heterocycles. The summed E-state index contributed by atoms with van der Waals surface area (Å²) in [6.07, 6.45) is 0. The first-order valence-corrected chi connectivity index (χ1v) is 7.45. The fourth-order valence-corrected chi connectivity index (χ4v) is 2.20. The lowest BCUT2D eigenvalue weighted by molar-refractivity contribution is 0.128. The quantitative estimate of drug-likeness (QED) is 0.748. The summed E-state index contributed by atoms with van der Waals surface area (Å²) in [4.78, 5) is 8.81. The van der Waals surface area contributed by atoms with Crippen molar-refractivity contribution in [1.29, 1.82) is 0 Å². The third kappa shape index (κ3) is 4.31. The van der Waals surface area contributed by atoms with Gasteiger partial charge in [-0.15, -0.1) is 0 Å². The average molecular weight is 384 g/mol. The van der Waals surface area contributed by atoms with Gasteiger partial charge < -0.3 is 15.4 Å². The Bertz CT molecular complexity index is 577. The molecule has 20 heavy (non-hydrogen) atoms. The van der Waals surface area contributed by atoms with Crippen LogP contribution in [0, 0.1) is 3.57 Å². The van der Waals surface area contributed by atoms with Gasteiger partial charge in [0.1, 0.15) is 18.2 Å². The van der Waals surface area contributed by atoms with Crippen LogP contribution in [0.15, 0.2) is 30.3 Å². The molecule has 1 aromatic carbocycles. The summed E-state index contributed by atoms with van der Waals surface area (Å²) in [5, 5.41) is 6.32. The molecule has 6 heteroatoms. The van der Waals surface area contributed by atoms with Crippen molar-refractivity contribution in [2.75, 3.05) is 24.3 Å². The van der Waals surface area contributed by atoms with Crippen molar-refractivity contribution < 1.29 is 4.74 Å². The minimum atomic E-state index is 0.410. The highest BCUT2D eigenvalue weighted by Gasteiger charge is 2.04. The van der Waals surface area contributed by atoms with E-state index in [9.17, 15) is 0 Å². The second-order valence-electron chi connectivity index (χ2n) is 4.08. The number of benzene rings is 1. The highest BCUT2D eigenvalue weighted by Crippen LogP contribution is 2.19. The van der Waals surface area contributed by atoms with Crippen LogP contribution in [0.25, 0.3) is 0 Å². The molecule has 2 aromatic rings. The smallest absolute Gasteiger partial charge is 0.158 e. The number of hydrogen-bond donors (Lipinski definition) is 2. The Morgan fingerprint density at radius 1 is 1.20 bits per heavy atom. The molecule has 0 saturated heterocycles. The second-order valence-corrected chi connectivity index (χ2v) is 5.32. The molecule has 0 unspecified atom stereocenters. The molecule has 2 N–H and O–H groups in total. The molecule has 0 fully saturated rings. The van der Waals surface area contributed by atoms with E-state index in [1.165, 1.54) is 3.57 Å². The first kappa shape index (κ1) is 15.0. The fourth-order valence-electron chi connectivity index (χ4n) is 1.66. The van der Waals surface area contributed by atoms with Gasteiger partial charge in [0.2, 0.25) is 0 Å².